The van der Waals surface area contributed by atoms with Crippen LogP contribution in [0.3, 0.4) is 0 Å². The van der Waals surface area contributed by atoms with Gasteiger partial charge in [-0.3, -0.25) is 19.3 Å². The zero-order valence-corrected chi connectivity index (χ0v) is 17.0. The molecule has 7 nitrogen and oxygen atoms in total. The molecule has 0 unspecified atom stereocenters. The second kappa shape index (κ2) is 8.90. The van der Waals surface area contributed by atoms with Gasteiger partial charge in [0.15, 0.2) is 6.10 Å². The number of nitrogens with zero attached hydrogens (tertiary/aromatic N) is 1. The molecule has 0 bridgehead atoms. The number of ether oxygens (including phenoxy) is 1. The number of esters is 1. The van der Waals surface area contributed by atoms with E-state index in [1.165, 1.54) is 0 Å². The molecule has 2 aromatic rings. The zero-order chi connectivity index (χ0) is 21.7. The number of hydrogen-bond donors (Lipinski definition) is 1. The predicted molar refractivity (Wildman–Crippen MR) is 110 cm³/mol. The molecule has 7 heteroatoms. The van der Waals surface area contributed by atoms with Gasteiger partial charge in [-0.15, -0.1) is 0 Å². The van der Waals surface area contributed by atoms with Gasteiger partial charge in [0.2, 0.25) is 5.78 Å². The van der Waals surface area contributed by atoms with Gasteiger partial charge in [-0.2, -0.15) is 0 Å². The fourth-order valence-corrected chi connectivity index (χ4v) is 3.50. The molecule has 1 saturated heterocycles. The van der Waals surface area contributed by atoms with E-state index < -0.39 is 36.1 Å². The quantitative estimate of drug-likeness (QED) is 0.411. The highest BCUT2D eigenvalue weighted by Crippen LogP contribution is 2.26. The average Bonchev–Trinajstić information content (AvgIpc) is 3.02. The smallest absolute Gasteiger partial charge is 0.327 e. The number of nitrogens with one attached hydrogen (secondary N) is 1. The number of carbonyl (C=O) groups is 4. The Morgan fingerprint density at radius 3 is 2.07 bits per heavy atom. The van der Waals surface area contributed by atoms with Crippen molar-refractivity contribution < 1.29 is 23.9 Å². The van der Waals surface area contributed by atoms with Crippen molar-refractivity contribution in [2.75, 3.05) is 6.54 Å². The Bertz CT molecular complexity index is 939. The van der Waals surface area contributed by atoms with Crippen LogP contribution in [0.5, 0.6) is 0 Å². The standard InChI is InChI=1S/C23H24N2O5/c1-3-23(4-2)21(28)25(22(29)24-23)15-18(26)30-20(17-13-9-6-10-14-17)19(27)16-11-7-5-8-12-16/h5-14,20H,3-4,15H2,1-2H3,(H,24,29)/t20-/m1/s1. The number of carbonyl (C=O) groups excluding carboxylic acids is 4. The lowest BCUT2D eigenvalue weighted by molar-refractivity contribution is -0.150. The number of imide groups is 1. The molecule has 3 amide bonds. The van der Waals surface area contributed by atoms with Crippen molar-refractivity contribution in [3.63, 3.8) is 0 Å². The lowest BCUT2D eigenvalue weighted by Crippen LogP contribution is -2.46. The summed E-state index contributed by atoms with van der Waals surface area (Å²) in [6.07, 6.45) is -0.346. The van der Waals surface area contributed by atoms with Crippen molar-refractivity contribution in [2.45, 2.75) is 38.3 Å². The first-order valence-electron chi connectivity index (χ1n) is 9.89. The zero-order valence-electron chi connectivity index (χ0n) is 17.0. The number of Topliss-reactive ketones (excluding diaryl/α,β-unsaturated/α-hetero) is 1. The number of amides is 3. The van der Waals surface area contributed by atoms with Crippen LogP contribution in [-0.4, -0.2) is 40.7 Å². The van der Waals surface area contributed by atoms with E-state index in [9.17, 15) is 19.2 Å². The third-order valence-corrected chi connectivity index (χ3v) is 5.39. The van der Waals surface area contributed by atoms with E-state index in [1.807, 2.05) is 0 Å². The predicted octanol–water partition coefficient (Wildman–Crippen LogP) is 3.26. The Morgan fingerprint density at radius 2 is 1.53 bits per heavy atom. The van der Waals surface area contributed by atoms with E-state index in [1.54, 1.807) is 74.5 Å². The maximum Gasteiger partial charge on any atom is 0.327 e. The summed E-state index contributed by atoms with van der Waals surface area (Å²) >= 11 is 0. The third-order valence-electron chi connectivity index (χ3n) is 5.39. The molecule has 1 atom stereocenters. The van der Waals surface area contributed by atoms with Crippen LogP contribution < -0.4 is 5.32 Å². The van der Waals surface area contributed by atoms with Gasteiger partial charge in [-0.25, -0.2) is 4.79 Å². The Kier molecular flexibility index (Phi) is 6.30. The van der Waals surface area contributed by atoms with Crippen LogP contribution in [0.4, 0.5) is 4.79 Å². The fourth-order valence-electron chi connectivity index (χ4n) is 3.50. The van der Waals surface area contributed by atoms with E-state index in [-0.39, 0.29) is 5.78 Å². The first-order chi connectivity index (χ1) is 14.4. The summed E-state index contributed by atoms with van der Waals surface area (Å²) in [7, 11) is 0. The molecular weight excluding hydrogens is 384 g/mol. The number of benzene rings is 2. The van der Waals surface area contributed by atoms with Crippen molar-refractivity contribution in [1.29, 1.82) is 0 Å². The third kappa shape index (κ3) is 4.10. The molecule has 1 N–H and O–H groups in total. The summed E-state index contributed by atoms with van der Waals surface area (Å²) in [5, 5.41) is 2.67. The summed E-state index contributed by atoms with van der Waals surface area (Å²) in [5.41, 5.74) is -0.103. The minimum absolute atomic E-state index is 0.385. The molecule has 156 valence electrons. The number of ketones is 1. The maximum absolute atomic E-state index is 13.0. The second-order valence-electron chi connectivity index (χ2n) is 7.12. The molecule has 1 aliphatic rings. The minimum Gasteiger partial charge on any atom is -0.448 e. The highest BCUT2D eigenvalue weighted by Gasteiger charge is 2.49. The number of rotatable bonds is 8. The van der Waals surface area contributed by atoms with Crippen LogP contribution >= 0.6 is 0 Å². The van der Waals surface area contributed by atoms with Crippen molar-refractivity contribution in [1.82, 2.24) is 10.2 Å². The first kappa shape index (κ1) is 21.2. The SMILES string of the molecule is CCC1(CC)NC(=O)N(CC(=O)O[C@@H](C(=O)c2ccccc2)c2ccccc2)C1=O. The Labute approximate surface area is 175 Å². The van der Waals surface area contributed by atoms with Gasteiger partial charge in [0.1, 0.15) is 12.1 Å². The monoisotopic (exact) mass is 408 g/mol. The van der Waals surface area contributed by atoms with Gasteiger partial charge in [0.25, 0.3) is 5.91 Å². The van der Waals surface area contributed by atoms with Crippen LogP contribution in [0.25, 0.3) is 0 Å². The van der Waals surface area contributed by atoms with Gasteiger partial charge < -0.3 is 10.1 Å². The van der Waals surface area contributed by atoms with Gasteiger partial charge in [-0.1, -0.05) is 74.5 Å². The highest BCUT2D eigenvalue weighted by molar-refractivity contribution is 6.09. The van der Waals surface area contributed by atoms with E-state index in [2.05, 4.69) is 5.32 Å². The minimum atomic E-state index is -1.18. The number of hydrogen-bond acceptors (Lipinski definition) is 5. The second-order valence-corrected chi connectivity index (χ2v) is 7.12. The lowest BCUT2D eigenvalue weighted by atomic mass is 9.93. The molecule has 1 aliphatic heterocycles. The van der Waals surface area contributed by atoms with Crippen LogP contribution in [0.2, 0.25) is 0 Å². The molecule has 0 aromatic heterocycles. The molecule has 0 spiro atoms. The highest BCUT2D eigenvalue weighted by atomic mass is 16.5. The molecule has 0 saturated carbocycles. The van der Waals surface area contributed by atoms with E-state index in [0.29, 0.717) is 24.0 Å². The van der Waals surface area contributed by atoms with E-state index >= 15 is 0 Å². The Morgan fingerprint density at radius 1 is 0.967 bits per heavy atom. The van der Waals surface area contributed by atoms with Crippen LogP contribution in [0.15, 0.2) is 60.7 Å². The van der Waals surface area contributed by atoms with Crippen molar-refractivity contribution in [2.24, 2.45) is 0 Å². The van der Waals surface area contributed by atoms with Crippen LogP contribution in [0, 0.1) is 0 Å². The molecule has 0 radical (unpaired) electrons. The van der Waals surface area contributed by atoms with Crippen molar-refractivity contribution in [3.05, 3.63) is 71.8 Å². The fraction of sp³-hybridized carbons (Fsp3) is 0.304. The molecule has 30 heavy (non-hydrogen) atoms. The summed E-state index contributed by atoms with van der Waals surface area (Å²) < 4.78 is 5.48. The molecule has 3 rings (SSSR count). The Hall–Kier alpha value is -3.48. The van der Waals surface area contributed by atoms with E-state index in [0.717, 1.165) is 4.90 Å². The Balaban J connectivity index is 1.80. The van der Waals surface area contributed by atoms with Gasteiger partial charge in [0, 0.05) is 11.1 Å². The summed E-state index contributed by atoms with van der Waals surface area (Å²) in [5.74, 6) is -1.68. The van der Waals surface area contributed by atoms with Crippen molar-refractivity contribution in [3.8, 4) is 0 Å². The first-order valence-corrected chi connectivity index (χ1v) is 9.89. The lowest BCUT2D eigenvalue weighted by Gasteiger charge is -2.23. The molecule has 2 aromatic carbocycles. The summed E-state index contributed by atoms with van der Waals surface area (Å²) in [4.78, 5) is 51.5. The van der Waals surface area contributed by atoms with Gasteiger partial charge in [-0.05, 0) is 12.8 Å². The topological polar surface area (TPSA) is 92.8 Å². The number of urea groups is 1. The average molecular weight is 408 g/mol. The van der Waals surface area contributed by atoms with E-state index in [4.69, 9.17) is 4.74 Å². The van der Waals surface area contributed by atoms with Gasteiger partial charge in [0.05, 0.1) is 0 Å². The summed E-state index contributed by atoms with van der Waals surface area (Å²) in [6, 6.07) is 16.5. The van der Waals surface area contributed by atoms with Gasteiger partial charge >= 0.3 is 12.0 Å². The van der Waals surface area contributed by atoms with Crippen LogP contribution in [0.1, 0.15) is 48.7 Å². The molecule has 0 aliphatic carbocycles. The molecule has 1 heterocycles. The maximum atomic E-state index is 13.0. The normalized spacial score (nSPS) is 16.1. The van der Waals surface area contributed by atoms with Crippen molar-refractivity contribution >= 4 is 23.7 Å². The molecular formula is C23H24N2O5. The molecule has 1 fully saturated rings. The summed E-state index contributed by atoms with van der Waals surface area (Å²) in [6.45, 7) is 3.04. The van der Waals surface area contributed by atoms with Crippen LogP contribution in [-0.2, 0) is 14.3 Å². The largest absolute Gasteiger partial charge is 0.448 e.